The Morgan fingerprint density at radius 1 is 1.21 bits per heavy atom. The number of rotatable bonds is 2. The smallest absolute Gasteiger partial charge is 0.251 e. The Morgan fingerprint density at radius 3 is 2.71 bits per heavy atom. The molecule has 72 valence electrons. The Morgan fingerprint density at radius 2 is 2.07 bits per heavy atom. The third kappa shape index (κ3) is 1.90. The Bertz CT molecular complexity index is 426. The van der Waals surface area contributed by atoms with E-state index in [1.807, 2.05) is 18.2 Å². The molecule has 1 aromatic carbocycles. The van der Waals surface area contributed by atoms with Crippen LogP contribution in [0.15, 0.2) is 24.4 Å². The minimum atomic E-state index is 0.554. The van der Waals surface area contributed by atoms with E-state index in [0.717, 1.165) is 17.5 Å². The van der Waals surface area contributed by atoms with Gasteiger partial charge in [0.2, 0.25) is 0 Å². The number of aryl methyl sites for hydroxylation is 2. The van der Waals surface area contributed by atoms with E-state index in [-0.39, 0.29) is 0 Å². The van der Waals surface area contributed by atoms with Crippen molar-refractivity contribution in [1.82, 2.24) is 8.75 Å². The van der Waals surface area contributed by atoms with Crippen molar-refractivity contribution in [3.05, 3.63) is 35.5 Å². The lowest BCUT2D eigenvalue weighted by molar-refractivity contribution is 0.467. The number of aromatic nitrogens is 2. The zero-order chi connectivity index (χ0) is 9.97. The molecule has 2 aromatic rings. The quantitative estimate of drug-likeness (QED) is 0.757. The van der Waals surface area contributed by atoms with Crippen molar-refractivity contribution < 1.29 is 4.74 Å². The molecule has 0 saturated heterocycles. The summed E-state index contributed by atoms with van der Waals surface area (Å²) in [4.78, 5) is 0. The van der Waals surface area contributed by atoms with Gasteiger partial charge in [-0.05, 0) is 37.1 Å². The van der Waals surface area contributed by atoms with Gasteiger partial charge in [0, 0.05) is 0 Å². The predicted molar refractivity (Wildman–Crippen MR) is 55.9 cm³/mol. The van der Waals surface area contributed by atoms with E-state index >= 15 is 0 Å². The third-order valence-electron chi connectivity index (χ3n) is 2.04. The van der Waals surface area contributed by atoms with Gasteiger partial charge in [0.05, 0.1) is 11.7 Å². The monoisotopic (exact) mass is 206 g/mol. The zero-order valence-electron chi connectivity index (χ0n) is 8.02. The number of nitrogens with zero attached hydrogens (tertiary/aromatic N) is 2. The number of benzene rings is 1. The molecule has 0 atom stereocenters. The van der Waals surface area contributed by atoms with Crippen molar-refractivity contribution in [2.24, 2.45) is 0 Å². The minimum absolute atomic E-state index is 0.554. The van der Waals surface area contributed by atoms with Crippen molar-refractivity contribution >= 4 is 11.7 Å². The summed E-state index contributed by atoms with van der Waals surface area (Å²) >= 11 is 1.14. The molecule has 0 aliphatic rings. The largest absolute Gasteiger partial charge is 0.437 e. The predicted octanol–water partition coefficient (Wildman–Crippen LogP) is 2.95. The van der Waals surface area contributed by atoms with Gasteiger partial charge < -0.3 is 4.74 Å². The van der Waals surface area contributed by atoms with E-state index in [1.165, 1.54) is 11.1 Å². The van der Waals surface area contributed by atoms with Crippen molar-refractivity contribution in [3.63, 3.8) is 0 Å². The van der Waals surface area contributed by atoms with E-state index in [4.69, 9.17) is 4.74 Å². The van der Waals surface area contributed by atoms with Crippen molar-refractivity contribution in [2.75, 3.05) is 0 Å². The Labute approximate surface area is 86.7 Å². The molecule has 0 amide bonds. The van der Waals surface area contributed by atoms with Crippen LogP contribution in [0.3, 0.4) is 0 Å². The van der Waals surface area contributed by atoms with Crippen LogP contribution in [0.1, 0.15) is 11.1 Å². The Kier molecular flexibility index (Phi) is 2.45. The lowest BCUT2D eigenvalue weighted by Crippen LogP contribution is -1.86. The van der Waals surface area contributed by atoms with Crippen LogP contribution in [-0.4, -0.2) is 8.75 Å². The van der Waals surface area contributed by atoms with Gasteiger partial charge in [-0.15, -0.1) is 4.37 Å². The number of hydrogen-bond acceptors (Lipinski definition) is 4. The molecule has 0 saturated carbocycles. The third-order valence-corrected chi connectivity index (χ3v) is 2.50. The van der Waals surface area contributed by atoms with Crippen LogP contribution >= 0.6 is 11.7 Å². The fourth-order valence-corrected chi connectivity index (χ4v) is 1.45. The van der Waals surface area contributed by atoms with E-state index in [0.29, 0.717) is 5.88 Å². The highest BCUT2D eigenvalue weighted by atomic mass is 32.1. The number of hydrogen-bond donors (Lipinski definition) is 0. The van der Waals surface area contributed by atoms with Crippen LogP contribution in [0.2, 0.25) is 0 Å². The van der Waals surface area contributed by atoms with Gasteiger partial charge in [-0.2, -0.15) is 4.37 Å². The minimum Gasteiger partial charge on any atom is -0.437 e. The van der Waals surface area contributed by atoms with E-state index < -0.39 is 0 Å². The van der Waals surface area contributed by atoms with Gasteiger partial charge in [-0.3, -0.25) is 0 Å². The average Bonchev–Trinajstić information content (AvgIpc) is 2.64. The molecule has 1 aromatic heterocycles. The summed E-state index contributed by atoms with van der Waals surface area (Å²) in [6.07, 6.45) is 1.61. The lowest BCUT2D eigenvalue weighted by Gasteiger charge is -2.04. The molecule has 0 spiro atoms. The van der Waals surface area contributed by atoms with Crippen LogP contribution in [0.4, 0.5) is 0 Å². The van der Waals surface area contributed by atoms with Gasteiger partial charge in [-0.25, -0.2) is 0 Å². The first-order valence-corrected chi connectivity index (χ1v) is 5.01. The summed E-state index contributed by atoms with van der Waals surface area (Å²) < 4.78 is 13.3. The molecule has 2 rings (SSSR count). The standard InChI is InChI=1S/C10H10N2OS/c1-7-3-4-9(5-8(7)2)13-10-6-11-14-12-10/h3-6H,1-2H3. The molecule has 3 nitrogen and oxygen atoms in total. The van der Waals surface area contributed by atoms with Gasteiger partial charge in [0.1, 0.15) is 11.9 Å². The summed E-state index contributed by atoms with van der Waals surface area (Å²) in [6, 6.07) is 5.96. The zero-order valence-corrected chi connectivity index (χ0v) is 8.84. The average molecular weight is 206 g/mol. The highest BCUT2D eigenvalue weighted by Crippen LogP contribution is 2.21. The molecule has 0 bridgehead atoms. The SMILES string of the molecule is Cc1ccc(Oc2cnsn2)cc1C. The topological polar surface area (TPSA) is 35.0 Å². The van der Waals surface area contributed by atoms with E-state index in [9.17, 15) is 0 Å². The molecule has 0 N–H and O–H groups in total. The van der Waals surface area contributed by atoms with Crippen molar-refractivity contribution in [1.29, 1.82) is 0 Å². The van der Waals surface area contributed by atoms with Gasteiger partial charge in [0.25, 0.3) is 5.88 Å². The molecular formula is C10H10N2OS. The lowest BCUT2D eigenvalue weighted by atomic mass is 10.1. The molecular weight excluding hydrogens is 196 g/mol. The Balaban J connectivity index is 2.22. The molecule has 14 heavy (non-hydrogen) atoms. The highest BCUT2D eigenvalue weighted by Gasteiger charge is 2.00. The maximum absolute atomic E-state index is 5.49. The first-order valence-electron chi connectivity index (χ1n) is 4.28. The van der Waals surface area contributed by atoms with Gasteiger partial charge >= 0.3 is 0 Å². The van der Waals surface area contributed by atoms with Gasteiger partial charge in [-0.1, -0.05) is 6.07 Å². The van der Waals surface area contributed by atoms with Gasteiger partial charge in [0.15, 0.2) is 0 Å². The second-order valence-electron chi connectivity index (χ2n) is 3.09. The molecule has 0 fully saturated rings. The first kappa shape index (κ1) is 9.15. The van der Waals surface area contributed by atoms with Crippen LogP contribution in [0.5, 0.6) is 11.6 Å². The fraction of sp³-hybridized carbons (Fsp3) is 0.200. The molecule has 0 radical (unpaired) electrons. The van der Waals surface area contributed by atoms with Crippen LogP contribution < -0.4 is 4.74 Å². The Hall–Kier alpha value is -1.42. The normalized spacial score (nSPS) is 10.1. The highest BCUT2D eigenvalue weighted by molar-refractivity contribution is 6.99. The number of ether oxygens (including phenoxy) is 1. The van der Waals surface area contributed by atoms with E-state index in [1.54, 1.807) is 6.20 Å². The molecule has 0 unspecified atom stereocenters. The van der Waals surface area contributed by atoms with Crippen LogP contribution in [0, 0.1) is 13.8 Å². The summed E-state index contributed by atoms with van der Waals surface area (Å²) in [5.41, 5.74) is 2.47. The van der Waals surface area contributed by atoms with E-state index in [2.05, 4.69) is 22.6 Å². The second kappa shape index (κ2) is 3.75. The molecule has 4 heteroatoms. The maximum Gasteiger partial charge on any atom is 0.251 e. The van der Waals surface area contributed by atoms with Crippen molar-refractivity contribution in [2.45, 2.75) is 13.8 Å². The molecule has 1 heterocycles. The second-order valence-corrected chi connectivity index (χ2v) is 3.65. The maximum atomic E-state index is 5.49. The summed E-state index contributed by atoms with van der Waals surface area (Å²) in [5, 5.41) is 0. The van der Waals surface area contributed by atoms with Crippen molar-refractivity contribution in [3.8, 4) is 11.6 Å². The fourth-order valence-electron chi connectivity index (χ4n) is 1.10. The molecule has 0 aliphatic carbocycles. The summed E-state index contributed by atoms with van der Waals surface area (Å²) in [6.45, 7) is 4.13. The van der Waals surface area contributed by atoms with Crippen LogP contribution in [-0.2, 0) is 0 Å². The molecule has 0 aliphatic heterocycles. The first-order chi connectivity index (χ1) is 6.75. The summed E-state index contributed by atoms with van der Waals surface area (Å²) in [7, 11) is 0. The van der Waals surface area contributed by atoms with Crippen LogP contribution in [0.25, 0.3) is 0 Å². The summed E-state index contributed by atoms with van der Waals surface area (Å²) in [5.74, 6) is 1.36.